The van der Waals surface area contributed by atoms with Crippen LogP contribution in [-0.2, 0) is 0 Å². The van der Waals surface area contributed by atoms with Crippen LogP contribution >= 0.6 is 15.9 Å². The van der Waals surface area contributed by atoms with Crippen LogP contribution in [0.5, 0.6) is 0 Å². The number of fused-ring (bicyclic) bond motifs is 1. The van der Waals surface area contributed by atoms with Gasteiger partial charge in [-0.1, -0.05) is 52.3 Å². The lowest BCUT2D eigenvalue weighted by Gasteiger charge is -2.06. The van der Waals surface area contributed by atoms with Gasteiger partial charge in [-0.05, 0) is 23.3 Å². The molecule has 0 saturated heterocycles. The summed E-state index contributed by atoms with van der Waals surface area (Å²) in [6.07, 6.45) is 0. The van der Waals surface area contributed by atoms with Gasteiger partial charge in [-0.15, -0.1) is 0 Å². The van der Waals surface area contributed by atoms with Gasteiger partial charge in [-0.25, -0.2) is 0 Å². The van der Waals surface area contributed by atoms with E-state index in [1.54, 1.807) is 0 Å². The van der Waals surface area contributed by atoms with E-state index >= 15 is 0 Å². The number of hydrogen-bond acceptors (Lipinski definition) is 1. The first-order valence-corrected chi connectivity index (χ1v) is 5.93. The molecule has 0 saturated carbocycles. The first-order valence-electron chi connectivity index (χ1n) is 4.81. The van der Waals surface area contributed by atoms with Crippen molar-refractivity contribution in [2.24, 2.45) is 0 Å². The first kappa shape index (κ1) is 10.4. The fraction of sp³-hybridized carbons (Fsp3) is 0.154. The maximum atomic E-state index is 11.7. The molecule has 15 heavy (non-hydrogen) atoms. The van der Waals surface area contributed by atoms with Crippen molar-refractivity contribution in [1.82, 2.24) is 0 Å². The van der Waals surface area contributed by atoms with E-state index in [1.165, 1.54) is 5.56 Å². The van der Waals surface area contributed by atoms with Crippen LogP contribution in [0.25, 0.3) is 10.8 Å². The molecule has 0 aliphatic heterocycles. The molecule has 0 N–H and O–H groups in total. The van der Waals surface area contributed by atoms with Crippen molar-refractivity contribution in [3.05, 3.63) is 47.5 Å². The van der Waals surface area contributed by atoms with Crippen molar-refractivity contribution in [1.29, 1.82) is 0 Å². The number of Topliss-reactive ketones (excluding diaryl/α,β-unsaturated/α-hetero) is 1. The highest BCUT2D eigenvalue weighted by Crippen LogP contribution is 2.22. The van der Waals surface area contributed by atoms with Gasteiger partial charge < -0.3 is 0 Å². The third kappa shape index (κ3) is 1.82. The summed E-state index contributed by atoms with van der Waals surface area (Å²) in [4.78, 5) is 11.7. The number of benzene rings is 2. The Kier molecular flexibility index (Phi) is 2.87. The SMILES string of the molecule is Cc1cccc2c(C(=O)CBr)cccc12. The molecule has 0 aliphatic carbocycles. The zero-order chi connectivity index (χ0) is 10.8. The van der Waals surface area contributed by atoms with E-state index in [2.05, 4.69) is 35.0 Å². The number of ketones is 1. The minimum atomic E-state index is 0.131. The smallest absolute Gasteiger partial charge is 0.173 e. The lowest BCUT2D eigenvalue weighted by Crippen LogP contribution is -2.00. The fourth-order valence-corrected chi connectivity index (χ4v) is 2.08. The molecule has 0 heterocycles. The highest BCUT2D eigenvalue weighted by Gasteiger charge is 2.08. The Balaban J connectivity index is 2.77. The molecule has 0 radical (unpaired) electrons. The van der Waals surface area contributed by atoms with Crippen LogP contribution in [-0.4, -0.2) is 11.1 Å². The first-order chi connectivity index (χ1) is 7.24. The van der Waals surface area contributed by atoms with Crippen molar-refractivity contribution in [3.8, 4) is 0 Å². The zero-order valence-corrected chi connectivity index (χ0v) is 10.0. The van der Waals surface area contributed by atoms with Gasteiger partial charge in [-0.2, -0.15) is 0 Å². The molecule has 2 rings (SSSR count). The van der Waals surface area contributed by atoms with E-state index in [9.17, 15) is 4.79 Å². The third-order valence-corrected chi connectivity index (χ3v) is 3.07. The minimum absolute atomic E-state index is 0.131. The number of rotatable bonds is 2. The molecule has 0 spiro atoms. The molecular formula is C13H11BrO. The number of carbonyl (C=O) groups excluding carboxylic acids is 1. The Labute approximate surface area is 97.2 Å². The highest BCUT2D eigenvalue weighted by atomic mass is 79.9. The summed E-state index contributed by atoms with van der Waals surface area (Å²) < 4.78 is 0. The topological polar surface area (TPSA) is 17.1 Å². The summed E-state index contributed by atoms with van der Waals surface area (Å²) in [5.74, 6) is 0.131. The van der Waals surface area contributed by atoms with Crippen molar-refractivity contribution < 1.29 is 4.79 Å². The summed E-state index contributed by atoms with van der Waals surface area (Å²) in [6, 6.07) is 11.9. The Morgan fingerprint density at radius 1 is 1.13 bits per heavy atom. The molecule has 0 atom stereocenters. The van der Waals surface area contributed by atoms with Crippen LogP contribution in [0.3, 0.4) is 0 Å². The largest absolute Gasteiger partial charge is 0.293 e. The van der Waals surface area contributed by atoms with E-state index in [4.69, 9.17) is 0 Å². The Morgan fingerprint density at radius 3 is 2.53 bits per heavy atom. The molecule has 76 valence electrons. The van der Waals surface area contributed by atoms with Gasteiger partial charge in [0.25, 0.3) is 0 Å². The van der Waals surface area contributed by atoms with Gasteiger partial charge in [0.05, 0.1) is 5.33 Å². The maximum absolute atomic E-state index is 11.7. The van der Waals surface area contributed by atoms with Crippen molar-refractivity contribution in [2.45, 2.75) is 6.92 Å². The summed E-state index contributed by atoms with van der Waals surface area (Å²) in [5, 5.41) is 2.58. The second kappa shape index (κ2) is 4.15. The van der Waals surface area contributed by atoms with Crippen LogP contribution in [0.2, 0.25) is 0 Å². The monoisotopic (exact) mass is 262 g/mol. The fourth-order valence-electron chi connectivity index (χ4n) is 1.78. The normalized spacial score (nSPS) is 10.5. The molecule has 2 aromatic rings. The van der Waals surface area contributed by atoms with Gasteiger partial charge in [0, 0.05) is 5.56 Å². The van der Waals surface area contributed by atoms with Crippen molar-refractivity contribution in [2.75, 3.05) is 5.33 Å². The van der Waals surface area contributed by atoms with E-state index in [0.29, 0.717) is 5.33 Å². The average molecular weight is 263 g/mol. The van der Waals surface area contributed by atoms with E-state index in [0.717, 1.165) is 16.3 Å². The number of halogens is 1. The Hall–Kier alpha value is -1.15. The summed E-state index contributed by atoms with van der Waals surface area (Å²) in [7, 11) is 0. The number of hydrogen-bond donors (Lipinski definition) is 0. The standard InChI is InChI=1S/C13H11BrO/c1-9-4-2-6-11-10(9)5-3-7-12(11)13(15)8-14/h2-7H,8H2,1H3. The van der Waals surface area contributed by atoms with Gasteiger partial charge in [0.1, 0.15) is 0 Å². The Bertz CT molecular complexity index is 517. The molecular weight excluding hydrogens is 252 g/mol. The second-order valence-electron chi connectivity index (χ2n) is 3.53. The lowest BCUT2D eigenvalue weighted by atomic mass is 9.99. The molecule has 1 nitrogen and oxygen atoms in total. The van der Waals surface area contributed by atoms with E-state index in [-0.39, 0.29) is 5.78 Å². The van der Waals surface area contributed by atoms with Crippen LogP contribution in [0.1, 0.15) is 15.9 Å². The minimum Gasteiger partial charge on any atom is -0.293 e. The molecule has 0 aromatic heterocycles. The average Bonchev–Trinajstić information content (AvgIpc) is 2.28. The van der Waals surface area contributed by atoms with E-state index < -0.39 is 0 Å². The molecule has 0 unspecified atom stereocenters. The van der Waals surface area contributed by atoms with E-state index in [1.807, 2.05) is 24.3 Å². The van der Waals surface area contributed by atoms with Crippen molar-refractivity contribution in [3.63, 3.8) is 0 Å². The number of aryl methyl sites for hydroxylation is 1. The van der Waals surface area contributed by atoms with Crippen LogP contribution in [0.4, 0.5) is 0 Å². The summed E-state index contributed by atoms with van der Waals surface area (Å²) in [6.45, 7) is 2.06. The van der Waals surface area contributed by atoms with Crippen molar-refractivity contribution >= 4 is 32.5 Å². The molecule has 2 heteroatoms. The zero-order valence-electron chi connectivity index (χ0n) is 8.46. The second-order valence-corrected chi connectivity index (χ2v) is 4.09. The summed E-state index contributed by atoms with van der Waals surface area (Å²) in [5.41, 5.74) is 2.00. The van der Waals surface area contributed by atoms with Gasteiger partial charge >= 0.3 is 0 Å². The highest BCUT2D eigenvalue weighted by molar-refractivity contribution is 9.09. The predicted molar refractivity (Wildman–Crippen MR) is 66.8 cm³/mol. The lowest BCUT2D eigenvalue weighted by molar-refractivity contribution is 0.102. The van der Waals surface area contributed by atoms with Gasteiger partial charge in [-0.3, -0.25) is 4.79 Å². The number of alkyl halides is 1. The van der Waals surface area contributed by atoms with Crippen LogP contribution in [0.15, 0.2) is 36.4 Å². The van der Waals surface area contributed by atoms with Crippen LogP contribution in [0, 0.1) is 6.92 Å². The quantitative estimate of drug-likeness (QED) is 0.596. The van der Waals surface area contributed by atoms with Gasteiger partial charge in [0.2, 0.25) is 0 Å². The molecule has 0 amide bonds. The summed E-state index contributed by atoms with van der Waals surface area (Å²) >= 11 is 3.21. The third-order valence-electron chi connectivity index (χ3n) is 2.56. The number of carbonyl (C=O) groups is 1. The molecule has 0 bridgehead atoms. The maximum Gasteiger partial charge on any atom is 0.173 e. The molecule has 0 aliphatic rings. The Morgan fingerprint density at radius 2 is 1.80 bits per heavy atom. The van der Waals surface area contributed by atoms with Gasteiger partial charge in [0.15, 0.2) is 5.78 Å². The predicted octanol–water partition coefficient (Wildman–Crippen LogP) is 3.73. The van der Waals surface area contributed by atoms with Crippen LogP contribution < -0.4 is 0 Å². The molecule has 2 aromatic carbocycles. The molecule has 0 fully saturated rings.